The van der Waals surface area contributed by atoms with Crippen LogP contribution in [-0.4, -0.2) is 22.9 Å². The van der Waals surface area contributed by atoms with Crippen LogP contribution in [0.15, 0.2) is 12.2 Å². The van der Waals surface area contributed by atoms with E-state index in [4.69, 9.17) is 5.11 Å². The fourth-order valence-electron chi connectivity index (χ4n) is 1.28. The molecule has 2 heteroatoms. The maximum absolute atomic E-state index is 9.33. The van der Waals surface area contributed by atoms with Gasteiger partial charge in [0.15, 0.2) is 0 Å². The Labute approximate surface area is 61.2 Å². The third-order valence-electron chi connectivity index (χ3n) is 2.01. The van der Waals surface area contributed by atoms with Crippen LogP contribution in [0.3, 0.4) is 0 Å². The molecule has 0 saturated heterocycles. The molecule has 2 N–H and O–H groups in total. The van der Waals surface area contributed by atoms with Crippen LogP contribution < -0.4 is 0 Å². The summed E-state index contributed by atoms with van der Waals surface area (Å²) in [6.45, 7) is 2.12. The molecule has 1 aliphatic carbocycles. The van der Waals surface area contributed by atoms with E-state index >= 15 is 0 Å². The summed E-state index contributed by atoms with van der Waals surface area (Å²) in [4.78, 5) is 0. The molecule has 0 radical (unpaired) electrons. The molecule has 0 aromatic carbocycles. The van der Waals surface area contributed by atoms with Crippen LogP contribution >= 0.6 is 0 Å². The predicted octanol–water partition coefficient (Wildman–Crippen LogP) is 0.552. The molecule has 0 fully saturated rings. The number of aliphatic hydroxyl groups excluding tert-OH is 2. The molecule has 0 aromatic heterocycles. The van der Waals surface area contributed by atoms with Crippen LogP contribution in [0.25, 0.3) is 0 Å². The lowest BCUT2D eigenvalue weighted by Crippen LogP contribution is -2.26. The van der Waals surface area contributed by atoms with Gasteiger partial charge in [0.1, 0.15) is 0 Å². The third kappa shape index (κ3) is 1.58. The van der Waals surface area contributed by atoms with Gasteiger partial charge in [-0.05, 0) is 12.3 Å². The van der Waals surface area contributed by atoms with Crippen molar-refractivity contribution in [2.24, 2.45) is 11.8 Å². The van der Waals surface area contributed by atoms with E-state index in [1.165, 1.54) is 0 Å². The van der Waals surface area contributed by atoms with E-state index in [1.807, 2.05) is 12.2 Å². The average Bonchev–Trinajstić information content (AvgIpc) is 1.88. The van der Waals surface area contributed by atoms with Crippen molar-refractivity contribution in [3.05, 3.63) is 12.2 Å². The highest BCUT2D eigenvalue weighted by Gasteiger charge is 2.21. The van der Waals surface area contributed by atoms with Crippen molar-refractivity contribution in [2.45, 2.75) is 19.4 Å². The first-order chi connectivity index (χ1) is 4.74. The van der Waals surface area contributed by atoms with Gasteiger partial charge in [-0.25, -0.2) is 0 Å². The predicted molar refractivity (Wildman–Crippen MR) is 39.5 cm³/mol. The molecule has 0 spiro atoms. The van der Waals surface area contributed by atoms with Gasteiger partial charge in [0.05, 0.1) is 12.7 Å². The van der Waals surface area contributed by atoms with E-state index in [1.54, 1.807) is 0 Å². The van der Waals surface area contributed by atoms with E-state index in [0.717, 1.165) is 6.42 Å². The smallest absolute Gasteiger partial charge is 0.0630 e. The largest absolute Gasteiger partial charge is 0.396 e. The molecule has 0 heterocycles. The van der Waals surface area contributed by atoms with Crippen molar-refractivity contribution < 1.29 is 10.2 Å². The Morgan fingerprint density at radius 3 is 2.70 bits per heavy atom. The Morgan fingerprint density at radius 2 is 2.20 bits per heavy atom. The molecule has 0 aliphatic heterocycles. The first-order valence-electron chi connectivity index (χ1n) is 3.71. The Bertz CT molecular complexity index is 131. The first kappa shape index (κ1) is 7.76. The monoisotopic (exact) mass is 142 g/mol. The molecule has 0 unspecified atom stereocenters. The normalized spacial score (nSPS) is 40.1. The highest BCUT2D eigenvalue weighted by molar-refractivity contribution is 5.00. The van der Waals surface area contributed by atoms with Gasteiger partial charge in [-0.2, -0.15) is 0 Å². The maximum atomic E-state index is 9.33. The van der Waals surface area contributed by atoms with E-state index in [9.17, 15) is 5.11 Å². The van der Waals surface area contributed by atoms with Crippen LogP contribution in [0.4, 0.5) is 0 Å². The summed E-state index contributed by atoms with van der Waals surface area (Å²) < 4.78 is 0. The number of allylic oxidation sites excluding steroid dienone is 1. The second-order valence-corrected chi connectivity index (χ2v) is 3.01. The van der Waals surface area contributed by atoms with Crippen LogP contribution in [0, 0.1) is 11.8 Å². The Hall–Kier alpha value is -0.340. The number of rotatable bonds is 1. The fraction of sp³-hybridized carbons (Fsp3) is 0.750. The number of aliphatic hydroxyl groups is 2. The zero-order valence-electron chi connectivity index (χ0n) is 6.20. The summed E-state index contributed by atoms with van der Waals surface area (Å²) in [7, 11) is 0. The van der Waals surface area contributed by atoms with Crippen LogP contribution in [0.2, 0.25) is 0 Å². The van der Waals surface area contributed by atoms with Crippen LogP contribution in [0.1, 0.15) is 13.3 Å². The number of hydrogen-bond donors (Lipinski definition) is 2. The second-order valence-electron chi connectivity index (χ2n) is 3.01. The van der Waals surface area contributed by atoms with Gasteiger partial charge in [0.25, 0.3) is 0 Å². The Morgan fingerprint density at radius 1 is 1.50 bits per heavy atom. The van der Waals surface area contributed by atoms with Crippen LogP contribution in [0.5, 0.6) is 0 Å². The summed E-state index contributed by atoms with van der Waals surface area (Å²) in [5.41, 5.74) is 0. The van der Waals surface area contributed by atoms with Crippen molar-refractivity contribution in [1.82, 2.24) is 0 Å². The molecular weight excluding hydrogens is 128 g/mol. The Kier molecular flexibility index (Phi) is 2.46. The molecule has 0 aromatic rings. The minimum atomic E-state index is -0.343. The standard InChI is InChI=1S/C8H14O2/c1-6-2-3-7(5-9)8(10)4-6/h2-3,6-10H,4-5H2,1H3/t6-,7-,8-/m0/s1. The van der Waals surface area contributed by atoms with Gasteiger partial charge in [0, 0.05) is 5.92 Å². The van der Waals surface area contributed by atoms with E-state index in [-0.39, 0.29) is 18.6 Å². The van der Waals surface area contributed by atoms with Gasteiger partial charge in [0.2, 0.25) is 0 Å². The molecule has 58 valence electrons. The van der Waals surface area contributed by atoms with Crippen molar-refractivity contribution in [3.8, 4) is 0 Å². The first-order valence-corrected chi connectivity index (χ1v) is 3.71. The molecule has 0 bridgehead atoms. The lowest BCUT2D eigenvalue weighted by molar-refractivity contribution is 0.0706. The van der Waals surface area contributed by atoms with Crippen molar-refractivity contribution >= 4 is 0 Å². The summed E-state index contributed by atoms with van der Waals surface area (Å²) in [5, 5.41) is 18.1. The average molecular weight is 142 g/mol. The summed E-state index contributed by atoms with van der Waals surface area (Å²) in [6, 6.07) is 0. The molecule has 1 rings (SSSR count). The fourth-order valence-corrected chi connectivity index (χ4v) is 1.28. The van der Waals surface area contributed by atoms with Crippen molar-refractivity contribution in [1.29, 1.82) is 0 Å². The number of hydrogen-bond acceptors (Lipinski definition) is 2. The molecule has 3 atom stereocenters. The van der Waals surface area contributed by atoms with Gasteiger partial charge >= 0.3 is 0 Å². The molecule has 10 heavy (non-hydrogen) atoms. The minimum Gasteiger partial charge on any atom is -0.396 e. The SMILES string of the molecule is C[C@H]1C=C[C@@H](CO)[C@@H](O)C1. The maximum Gasteiger partial charge on any atom is 0.0630 e. The molecule has 2 nitrogen and oxygen atoms in total. The van der Waals surface area contributed by atoms with E-state index < -0.39 is 0 Å². The van der Waals surface area contributed by atoms with E-state index in [0.29, 0.717) is 5.92 Å². The van der Waals surface area contributed by atoms with Gasteiger partial charge in [-0.1, -0.05) is 19.1 Å². The van der Waals surface area contributed by atoms with Crippen molar-refractivity contribution in [2.75, 3.05) is 6.61 Å². The van der Waals surface area contributed by atoms with Crippen molar-refractivity contribution in [3.63, 3.8) is 0 Å². The highest BCUT2D eigenvalue weighted by atomic mass is 16.3. The zero-order chi connectivity index (χ0) is 7.56. The topological polar surface area (TPSA) is 40.5 Å². The summed E-state index contributed by atoms with van der Waals surface area (Å²) in [5.74, 6) is 0.425. The highest BCUT2D eigenvalue weighted by Crippen LogP contribution is 2.21. The molecule has 0 amide bonds. The quantitative estimate of drug-likeness (QED) is 0.525. The molecule has 1 aliphatic rings. The summed E-state index contributed by atoms with van der Waals surface area (Å²) >= 11 is 0. The second kappa shape index (κ2) is 3.17. The lowest BCUT2D eigenvalue weighted by atomic mass is 9.87. The minimum absolute atomic E-state index is 0.0313. The third-order valence-corrected chi connectivity index (χ3v) is 2.01. The van der Waals surface area contributed by atoms with E-state index in [2.05, 4.69) is 6.92 Å². The lowest BCUT2D eigenvalue weighted by Gasteiger charge is -2.24. The van der Waals surface area contributed by atoms with Gasteiger partial charge in [-0.15, -0.1) is 0 Å². The molecular formula is C8H14O2. The molecule has 0 saturated carbocycles. The Balaban J connectivity index is 2.53. The van der Waals surface area contributed by atoms with Crippen LogP contribution in [-0.2, 0) is 0 Å². The summed E-state index contributed by atoms with van der Waals surface area (Å²) in [6.07, 6.45) is 4.39. The van der Waals surface area contributed by atoms with Gasteiger partial charge < -0.3 is 10.2 Å². The van der Waals surface area contributed by atoms with Gasteiger partial charge in [-0.3, -0.25) is 0 Å². The zero-order valence-corrected chi connectivity index (χ0v) is 6.20.